The van der Waals surface area contributed by atoms with E-state index in [1.54, 1.807) is 36.4 Å². The van der Waals surface area contributed by atoms with Crippen molar-refractivity contribution in [3.05, 3.63) is 69.6 Å². The van der Waals surface area contributed by atoms with Gasteiger partial charge in [0.15, 0.2) is 0 Å². The van der Waals surface area contributed by atoms with Crippen molar-refractivity contribution in [2.24, 2.45) is 0 Å². The van der Waals surface area contributed by atoms with Gasteiger partial charge in [0.05, 0.1) is 32.1 Å². The molecule has 0 radical (unpaired) electrons. The molecule has 0 bridgehead atoms. The third kappa shape index (κ3) is 4.20. The lowest BCUT2D eigenvalue weighted by Crippen LogP contribution is -2.39. The third-order valence-electron chi connectivity index (χ3n) is 4.22. The number of hydrogen-bond acceptors (Lipinski definition) is 8. The summed E-state index contributed by atoms with van der Waals surface area (Å²) in [7, 11) is 2.41. The lowest BCUT2D eigenvalue weighted by molar-refractivity contribution is -0.140. The monoisotopic (exact) mass is 460 g/mol. The number of nitrogens with zero attached hydrogens (tertiary/aromatic N) is 2. The summed E-state index contributed by atoms with van der Waals surface area (Å²) >= 11 is 3.37. The lowest BCUT2D eigenvalue weighted by Gasteiger charge is -2.32. The maximum atomic E-state index is 13.1. The van der Waals surface area contributed by atoms with Crippen LogP contribution < -0.4 is 4.90 Å². The summed E-state index contributed by atoms with van der Waals surface area (Å²) in [6.45, 7) is -0.178. The van der Waals surface area contributed by atoms with Crippen molar-refractivity contribution in [3.8, 4) is 0 Å². The Labute approximate surface area is 175 Å². The molecule has 1 aliphatic rings. The van der Waals surface area contributed by atoms with Crippen LogP contribution in [0.4, 0.5) is 5.69 Å². The van der Waals surface area contributed by atoms with Crippen LogP contribution in [0.2, 0.25) is 0 Å². The largest absolute Gasteiger partial charge is 0.466 e. The van der Waals surface area contributed by atoms with Crippen LogP contribution in [0.1, 0.15) is 16.1 Å². The van der Waals surface area contributed by atoms with Gasteiger partial charge in [0.1, 0.15) is 18.1 Å². The van der Waals surface area contributed by atoms with E-state index in [-0.39, 0.29) is 41.6 Å². The number of methoxy groups -OCH3 is 2. The van der Waals surface area contributed by atoms with Gasteiger partial charge in [-0.3, -0.25) is 9.78 Å². The van der Waals surface area contributed by atoms with E-state index in [1.807, 2.05) is 0 Å². The Kier molecular flexibility index (Phi) is 6.40. The molecular weight excluding hydrogens is 444 g/mol. The Bertz CT molecular complexity index is 990. The summed E-state index contributed by atoms with van der Waals surface area (Å²) in [6.07, 6.45) is 1.52. The quantitative estimate of drug-likeness (QED) is 0.495. The number of ketones is 1. The average Bonchev–Trinajstić information content (AvgIpc) is 2.77. The number of anilines is 1. The predicted molar refractivity (Wildman–Crippen MR) is 106 cm³/mol. The normalized spacial score (nSPS) is 13.8. The number of carbonyl (C=O) groups is 3. The van der Waals surface area contributed by atoms with E-state index in [4.69, 9.17) is 14.2 Å². The van der Waals surface area contributed by atoms with Crippen molar-refractivity contribution in [3.63, 3.8) is 0 Å². The van der Waals surface area contributed by atoms with Gasteiger partial charge in [-0.25, -0.2) is 9.59 Å². The second-order valence-corrected chi connectivity index (χ2v) is 6.84. The number of hydrogen-bond donors (Lipinski definition) is 0. The first kappa shape index (κ1) is 20.7. The zero-order valence-electron chi connectivity index (χ0n) is 15.7. The fourth-order valence-electron chi connectivity index (χ4n) is 2.89. The molecule has 0 unspecified atom stereocenters. The molecule has 8 nitrogen and oxygen atoms in total. The molecule has 150 valence electrons. The first-order valence-electron chi connectivity index (χ1n) is 8.48. The molecule has 0 saturated carbocycles. The number of benzene rings is 1. The number of rotatable bonds is 5. The van der Waals surface area contributed by atoms with Crippen molar-refractivity contribution in [2.45, 2.75) is 0 Å². The summed E-state index contributed by atoms with van der Waals surface area (Å²) in [4.78, 5) is 43.3. The Balaban J connectivity index is 2.17. The van der Waals surface area contributed by atoms with Crippen LogP contribution in [0.15, 0.2) is 58.3 Å². The lowest BCUT2D eigenvalue weighted by atomic mass is 10.0. The molecule has 9 heteroatoms. The maximum Gasteiger partial charge on any atom is 0.355 e. The Morgan fingerprint density at radius 2 is 1.86 bits per heavy atom. The Morgan fingerprint density at radius 3 is 2.52 bits per heavy atom. The van der Waals surface area contributed by atoms with Crippen LogP contribution >= 0.6 is 15.9 Å². The van der Waals surface area contributed by atoms with Gasteiger partial charge in [0.25, 0.3) is 0 Å². The van der Waals surface area contributed by atoms with Gasteiger partial charge in [-0.15, -0.1) is 0 Å². The molecule has 0 spiro atoms. The van der Waals surface area contributed by atoms with Gasteiger partial charge in [-0.2, -0.15) is 0 Å². The van der Waals surface area contributed by atoms with E-state index in [9.17, 15) is 14.4 Å². The molecular formula is C20H17BrN2O6. The van der Waals surface area contributed by atoms with E-state index in [2.05, 4.69) is 20.9 Å². The van der Waals surface area contributed by atoms with E-state index in [1.165, 1.54) is 25.3 Å². The smallest absolute Gasteiger partial charge is 0.355 e. The van der Waals surface area contributed by atoms with Crippen LogP contribution in [0.5, 0.6) is 0 Å². The van der Waals surface area contributed by atoms with Gasteiger partial charge in [-0.05, 0) is 30.3 Å². The second-order valence-electron chi connectivity index (χ2n) is 5.92. The number of halogens is 1. The zero-order chi connectivity index (χ0) is 21.0. The van der Waals surface area contributed by atoms with Crippen molar-refractivity contribution in [1.29, 1.82) is 0 Å². The van der Waals surface area contributed by atoms with Crippen molar-refractivity contribution in [1.82, 2.24) is 4.98 Å². The number of esters is 2. The van der Waals surface area contributed by atoms with Crippen LogP contribution in [-0.2, 0) is 23.8 Å². The molecule has 1 aliphatic heterocycles. The molecule has 0 atom stereocenters. The third-order valence-corrected chi connectivity index (χ3v) is 4.72. The molecule has 0 N–H and O–H groups in total. The second kappa shape index (κ2) is 8.97. The summed E-state index contributed by atoms with van der Waals surface area (Å²) in [5, 5.41) is 0. The highest BCUT2D eigenvalue weighted by atomic mass is 79.9. The highest BCUT2D eigenvalue weighted by Gasteiger charge is 2.34. The fraction of sp³-hybridized carbons (Fsp3) is 0.200. The molecule has 3 rings (SSSR count). The minimum Gasteiger partial charge on any atom is -0.466 e. The Morgan fingerprint density at radius 1 is 1.10 bits per heavy atom. The van der Waals surface area contributed by atoms with Crippen LogP contribution in [0, 0.1) is 0 Å². The summed E-state index contributed by atoms with van der Waals surface area (Å²) < 4.78 is 15.8. The van der Waals surface area contributed by atoms with E-state index < -0.39 is 11.9 Å². The molecule has 0 aliphatic carbocycles. The molecule has 2 heterocycles. The minimum atomic E-state index is -0.743. The first-order valence-corrected chi connectivity index (χ1v) is 9.27. The van der Waals surface area contributed by atoms with Crippen LogP contribution in [0.25, 0.3) is 0 Å². The van der Waals surface area contributed by atoms with Crippen molar-refractivity contribution in [2.75, 3.05) is 32.5 Å². The molecule has 2 aromatic rings. The number of ether oxygens (including phenoxy) is 3. The van der Waals surface area contributed by atoms with Gasteiger partial charge >= 0.3 is 11.9 Å². The predicted octanol–water partition coefficient (Wildman–Crippen LogP) is 2.47. The molecule has 0 amide bonds. The standard InChI is InChI=1S/C20H17BrN2O6/c1-27-19(25)14-10-29-11-23(17(14)20(26)28-2)16-7-6-12(21)9-13(16)18(24)15-5-3-4-8-22-15/h3-9H,10-11H2,1-2H3. The van der Waals surface area contributed by atoms with Crippen molar-refractivity contribution < 1.29 is 28.6 Å². The number of pyridine rings is 1. The summed E-state index contributed by atoms with van der Waals surface area (Å²) in [5.74, 6) is -1.81. The van der Waals surface area contributed by atoms with Crippen molar-refractivity contribution >= 4 is 39.3 Å². The van der Waals surface area contributed by atoms with Gasteiger partial charge in [0.2, 0.25) is 5.78 Å². The minimum absolute atomic E-state index is 0.00440. The zero-order valence-corrected chi connectivity index (χ0v) is 17.3. The highest BCUT2D eigenvalue weighted by molar-refractivity contribution is 9.10. The fourth-order valence-corrected chi connectivity index (χ4v) is 3.26. The molecule has 0 saturated heterocycles. The topological polar surface area (TPSA) is 95.0 Å². The molecule has 1 aromatic heterocycles. The van der Waals surface area contributed by atoms with E-state index in [0.29, 0.717) is 10.2 Å². The average molecular weight is 461 g/mol. The van der Waals surface area contributed by atoms with E-state index in [0.717, 1.165) is 0 Å². The van der Waals surface area contributed by atoms with E-state index >= 15 is 0 Å². The summed E-state index contributed by atoms with van der Waals surface area (Å²) in [6, 6.07) is 9.98. The van der Waals surface area contributed by atoms with Crippen LogP contribution in [0.3, 0.4) is 0 Å². The molecule has 1 aromatic carbocycles. The SMILES string of the molecule is COC(=O)C1=C(C(=O)OC)N(c2ccc(Br)cc2C(=O)c2ccccn2)COC1. The highest BCUT2D eigenvalue weighted by Crippen LogP contribution is 2.32. The first-order chi connectivity index (χ1) is 14.0. The summed E-state index contributed by atoms with van der Waals surface area (Å²) in [5.41, 5.74) is 0.842. The van der Waals surface area contributed by atoms with Crippen LogP contribution in [-0.4, -0.2) is 50.3 Å². The molecule has 29 heavy (non-hydrogen) atoms. The van der Waals surface area contributed by atoms with Gasteiger partial charge < -0.3 is 19.1 Å². The van der Waals surface area contributed by atoms with Gasteiger partial charge in [-0.1, -0.05) is 22.0 Å². The van der Waals surface area contributed by atoms with Gasteiger partial charge in [0, 0.05) is 16.2 Å². The Hall–Kier alpha value is -3.04. The number of aromatic nitrogens is 1. The number of carbonyl (C=O) groups excluding carboxylic acids is 3. The molecule has 0 fully saturated rings. The maximum absolute atomic E-state index is 13.1.